The third-order valence-electron chi connectivity index (χ3n) is 3.40. The van der Waals surface area contributed by atoms with Crippen LogP contribution in [-0.2, 0) is 11.3 Å². The molecule has 1 fully saturated rings. The number of carbonyl (C=O) groups excluding carboxylic acids is 1. The maximum absolute atomic E-state index is 11.9. The fourth-order valence-electron chi connectivity index (χ4n) is 2.33. The second kappa shape index (κ2) is 6.40. The number of hydrogen-bond acceptors (Lipinski definition) is 4. The maximum Gasteiger partial charge on any atom is 0.317 e. The topological polar surface area (TPSA) is 95.7 Å². The summed E-state index contributed by atoms with van der Waals surface area (Å²) in [6, 6.07) is -0.154. The first-order chi connectivity index (χ1) is 9.54. The average molecular weight is 281 g/mol. The van der Waals surface area contributed by atoms with E-state index in [1.165, 1.54) is 0 Å². The van der Waals surface area contributed by atoms with Gasteiger partial charge in [0.1, 0.15) is 5.76 Å². The van der Waals surface area contributed by atoms with Gasteiger partial charge in [0.15, 0.2) is 0 Å². The molecule has 7 nitrogen and oxygen atoms in total. The quantitative estimate of drug-likeness (QED) is 0.850. The molecule has 1 aromatic heterocycles. The zero-order chi connectivity index (χ0) is 14.5. The van der Waals surface area contributed by atoms with Crippen molar-refractivity contribution in [2.24, 2.45) is 5.92 Å². The third kappa shape index (κ3) is 3.97. The molecule has 1 unspecified atom stereocenters. The molecule has 0 radical (unpaired) electrons. The molecular weight excluding hydrogens is 262 g/mol. The van der Waals surface area contributed by atoms with E-state index in [4.69, 9.17) is 9.52 Å². The number of aromatic nitrogens is 1. The Kier molecular flexibility index (Phi) is 4.60. The molecule has 0 aromatic carbocycles. The number of aliphatic carboxylic acids is 1. The average Bonchev–Trinajstić information content (AvgIpc) is 3.02. The number of amides is 2. The number of rotatable bonds is 5. The van der Waals surface area contributed by atoms with Crippen molar-refractivity contribution in [1.82, 2.24) is 15.2 Å². The summed E-state index contributed by atoms with van der Waals surface area (Å²) in [5.41, 5.74) is 0. The summed E-state index contributed by atoms with van der Waals surface area (Å²) in [4.78, 5) is 28.2. The van der Waals surface area contributed by atoms with Crippen molar-refractivity contribution in [2.45, 2.75) is 32.7 Å². The number of aryl methyl sites for hydroxylation is 1. The zero-order valence-corrected chi connectivity index (χ0v) is 11.5. The van der Waals surface area contributed by atoms with Gasteiger partial charge in [-0.15, -0.1) is 0 Å². The van der Waals surface area contributed by atoms with Gasteiger partial charge in [0.2, 0.25) is 5.89 Å². The molecule has 110 valence electrons. The standard InChI is InChI=1S/C13H19N3O4/c1-9-6-14-11(20-9)7-15-13(19)16-5-4-10(8-16)2-3-12(17)18/h6,10H,2-5,7-8H2,1H3,(H,15,19)(H,17,18). The third-order valence-corrected chi connectivity index (χ3v) is 3.40. The highest BCUT2D eigenvalue weighted by atomic mass is 16.4. The molecule has 2 amide bonds. The number of nitrogens with one attached hydrogen (secondary N) is 1. The Labute approximate surface area is 117 Å². The number of carboxylic acids is 1. The van der Waals surface area contributed by atoms with Crippen LogP contribution in [0.1, 0.15) is 30.9 Å². The van der Waals surface area contributed by atoms with Crippen molar-refractivity contribution in [3.05, 3.63) is 17.8 Å². The molecule has 2 heterocycles. The molecule has 0 saturated carbocycles. The van der Waals surface area contributed by atoms with E-state index in [2.05, 4.69) is 10.3 Å². The van der Waals surface area contributed by atoms with Crippen LogP contribution in [0.4, 0.5) is 4.79 Å². The molecule has 2 rings (SSSR count). The molecule has 0 aliphatic carbocycles. The number of likely N-dealkylation sites (tertiary alicyclic amines) is 1. The first-order valence-corrected chi connectivity index (χ1v) is 6.70. The fourth-order valence-corrected chi connectivity index (χ4v) is 2.33. The smallest absolute Gasteiger partial charge is 0.317 e. The van der Waals surface area contributed by atoms with Gasteiger partial charge in [0.05, 0.1) is 12.7 Å². The van der Waals surface area contributed by atoms with Crippen LogP contribution in [0.5, 0.6) is 0 Å². The molecule has 1 aromatic rings. The molecule has 2 N–H and O–H groups in total. The Morgan fingerprint density at radius 2 is 2.40 bits per heavy atom. The summed E-state index contributed by atoms with van der Waals surface area (Å²) in [6.07, 6.45) is 3.26. The Morgan fingerprint density at radius 3 is 3.05 bits per heavy atom. The van der Waals surface area contributed by atoms with Crippen molar-refractivity contribution in [3.8, 4) is 0 Å². The first-order valence-electron chi connectivity index (χ1n) is 6.70. The Morgan fingerprint density at radius 1 is 1.60 bits per heavy atom. The summed E-state index contributed by atoms with van der Waals surface area (Å²) >= 11 is 0. The fraction of sp³-hybridized carbons (Fsp3) is 0.615. The largest absolute Gasteiger partial charge is 0.481 e. The molecule has 0 spiro atoms. The highest BCUT2D eigenvalue weighted by Gasteiger charge is 2.26. The summed E-state index contributed by atoms with van der Waals surface area (Å²) in [5, 5.41) is 11.4. The molecule has 1 saturated heterocycles. The summed E-state index contributed by atoms with van der Waals surface area (Å²) in [5.74, 6) is 0.689. The van der Waals surface area contributed by atoms with Crippen LogP contribution in [0.15, 0.2) is 10.6 Å². The summed E-state index contributed by atoms with van der Waals surface area (Å²) in [7, 11) is 0. The van der Waals surface area contributed by atoms with E-state index < -0.39 is 5.97 Å². The normalized spacial score (nSPS) is 18.2. The molecule has 0 bridgehead atoms. The lowest BCUT2D eigenvalue weighted by atomic mass is 10.0. The van der Waals surface area contributed by atoms with E-state index in [9.17, 15) is 9.59 Å². The molecule has 7 heteroatoms. The predicted molar refractivity (Wildman–Crippen MR) is 70.0 cm³/mol. The van der Waals surface area contributed by atoms with E-state index in [-0.39, 0.29) is 24.9 Å². The number of hydrogen-bond donors (Lipinski definition) is 2. The van der Waals surface area contributed by atoms with Gasteiger partial charge in [-0.2, -0.15) is 0 Å². The minimum atomic E-state index is -0.785. The van der Waals surface area contributed by atoms with Crippen molar-refractivity contribution in [1.29, 1.82) is 0 Å². The van der Waals surface area contributed by atoms with Crippen LogP contribution in [-0.4, -0.2) is 40.1 Å². The zero-order valence-electron chi connectivity index (χ0n) is 11.5. The van der Waals surface area contributed by atoms with Crippen LogP contribution in [0.3, 0.4) is 0 Å². The van der Waals surface area contributed by atoms with E-state index in [1.54, 1.807) is 18.0 Å². The number of oxazole rings is 1. The van der Waals surface area contributed by atoms with Gasteiger partial charge in [-0.1, -0.05) is 0 Å². The van der Waals surface area contributed by atoms with Gasteiger partial charge >= 0.3 is 12.0 Å². The second-order valence-electron chi connectivity index (χ2n) is 5.06. The monoisotopic (exact) mass is 281 g/mol. The van der Waals surface area contributed by atoms with Crippen molar-refractivity contribution in [3.63, 3.8) is 0 Å². The van der Waals surface area contributed by atoms with Crippen LogP contribution in [0, 0.1) is 12.8 Å². The highest BCUT2D eigenvalue weighted by molar-refractivity contribution is 5.74. The van der Waals surface area contributed by atoms with E-state index in [0.717, 1.165) is 6.42 Å². The Hall–Kier alpha value is -2.05. The summed E-state index contributed by atoms with van der Waals surface area (Å²) in [6.45, 7) is 3.35. The Bertz CT molecular complexity index is 486. The van der Waals surface area contributed by atoms with E-state index in [1.807, 2.05) is 0 Å². The van der Waals surface area contributed by atoms with Gasteiger partial charge in [-0.05, 0) is 25.7 Å². The minimum absolute atomic E-state index is 0.154. The highest BCUT2D eigenvalue weighted by Crippen LogP contribution is 2.20. The van der Waals surface area contributed by atoms with E-state index >= 15 is 0 Å². The van der Waals surface area contributed by atoms with E-state index in [0.29, 0.717) is 31.2 Å². The number of urea groups is 1. The van der Waals surface area contributed by atoms with Gasteiger partial charge in [-0.25, -0.2) is 9.78 Å². The first kappa shape index (κ1) is 14.4. The van der Waals surface area contributed by atoms with Crippen LogP contribution >= 0.6 is 0 Å². The van der Waals surface area contributed by atoms with Crippen molar-refractivity contribution in [2.75, 3.05) is 13.1 Å². The number of carbonyl (C=O) groups is 2. The minimum Gasteiger partial charge on any atom is -0.481 e. The lowest BCUT2D eigenvalue weighted by Gasteiger charge is -2.16. The van der Waals surface area contributed by atoms with Crippen LogP contribution in [0.2, 0.25) is 0 Å². The maximum atomic E-state index is 11.9. The lowest BCUT2D eigenvalue weighted by molar-refractivity contribution is -0.137. The van der Waals surface area contributed by atoms with Gasteiger partial charge in [0, 0.05) is 19.5 Å². The molecule has 20 heavy (non-hydrogen) atoms. The predicted octanol–water partition coefficient (Wildman–Crippen LogP) is 1.38. The number of carboxylic acid groups (broad SMARTS) is 1. The van der Waals surface area contributed by atoms with Gasteiger partial charge < -0.3 is 19.7 Å². The molecule has 1 aliphatic rings. The van der Waals surface area contributed by atoms with Crippen molar-refractivity contribution >= 4 is 12.0 Å². The van der Waals surface area contributed by atoms with Crippen molar-refractivity contribution < 1.29 is 19.1 Å². The number of nitrogens with zero attached hydrogens (tertiary/aromatic N) is 2. The Balaban J connectivity index is 1.72. The molecule has 1 aliphatic heterocycles. The summed E-state index contributed by atoms with van der Waals surface area (Å²) < 4.78 is 5.27. The van der Waals surface area contributed by atoms with Gasteiger partial charge in [0.25, 0.3) is 0 Å². The second-order valence-corrected chi connectivity index (χ2v) is 5.06. The SMILES string of the molecule is Cc1cnc(CNC(=O)N2CCC(CCC(=O)O)C2)o1. The lowest BCUT2D eigenvalue weighted by Crippen LogP contribution is -2.38. The van der Waals surface area contributed by atoms with Gasteiger partial charge in [-0.3, -0.25) is 4.79 Å². The molecule has 1 atom stereocenters. The molecular formula is C13H19N3O4. The van der Waals surface area contributed by atoms with Crippen LogP contribution in [0.25, 0.3) is 0 Å². The van der Waals surface area contributed by atoms with Crippen LogP contribution < -0.4 is 5.32 Å².